The number of aliphatic carboxylic acids is 1. The van der Waals surface area contributed by atoms with Crippen LogP contribution in [0, 0.1) is 0 Å². The highest BCUT2D eigenvalue weighted by molar-refractivity contribution is 7.98. The second kappa shape index (κ2) is 16.8. The third-order valence-corrected chi connectivity index (χ3v) is 5.82. The number of nitrogens with one attached hydrogen (secondary N) is 4. The lowest BCUT2D eigenvalue weighted by Gasteiger charge is -2.24. The molecule has 0 aromatic carbocycles. The van der Waals surface area contributed by atoms with Gasteiger partial charge in [0, 0.05) is 24.9 Å². The van der Waals surface area contributed by atoms with Crippen LogP contribution in [0.4, 0.5) is 0 Å². The van der Waals surface area contributed by atoms with Gasteiger partial charge in [-0.05, 0) is 31.3 Å². The van der Waals surface area contributed by atoms with Gasteiger partial charge in [0.05, 0.1) is 18.8 Å². The Balaban J connectivity index is 2.98. The van der Waals surface area contributed by atoms with Crippen LogP contribution in [0.3, 0.4) is 0 Å². The maximum absolute atomic E-state index is 13.2. The van der Waals surface area contributed by atoms with Gasteiger partial charge in [-0.3, -0.25) is 24.2 Å². The van der Waals surface area contributed by atoms with Crippen LogP contribution < -0.4 is 38.9 Å². The number of aromatic nitrogens is 2. The molecule has 0 radical (unpaired) electrons. The summed E-state index contributed by atoms with van der Waals surface area (Å²) in [6.07, 6.45) is 4.71. The number of carboxylic acid groups (broad SMARTS) is 1. The van der Waals surface area contributed by atoms with Gasteiger partial charge in [-0.2, -0.15) is 11.8 Å². The number of carbonyl (C=O) groups excluding carboxylic acids is 4. The van der Waals surface area contributed by atoms with E-state index in [4.69, 9.17) is 22.9 Å². The van der Waals surface area contributed by atoms with Gasteiger partial charge in [-0.15, -0.1) is 0 Å². The summed E-state index contributed by atoms with van der Waals surface area (Å²) in [5.41, 5.74) is 22.2. The summed E-state index contributed by atoms with van der Waals surface area (Å²) in [5.74, 6) is -4.19. The molecule has 4 unspecified atom stereocenters. The molecule has 13 N–H and O–H groups in total. The third-order valence-electron chi connectivity index (χ3n) is 5.18. The van der Waals surface area contributed by atoms with Gasteiger partial charge in [0.2, 0.25) is 23.6 Å². The molecule has 0 spiro atoms. The topological polar surface area (TPSA) is 287 Å². The molecule has 4 amide bonds. The Morgan fingerprint density at radius 2 is 1.66 bits per heavy atom. The summed E-state index contributed by atoms with van der Waals surface area (Å²) in [6, 6.07) is -4.93. The molecule has 0 aliphatic heterocycles. The summed E-state index contributed by atoms with van der Waals surface area (Å²) in [4.78, 5) is 72.2. The number of aliphatic imine (C=N–C) groups is 1. The molecule has 0 saturated heterocycles. The lowest BCUT2D eigenvalue weighted by molar-refractivity contribution is -0.142. The van der Waals surface area contributed by atoms with Gasteiger partial charge in [-0.25, -0.2) is 9.78 Å². The number of aromatic amines is 1. The van der Waals surface area contributed by atoms with Crippen LogP contribution in [0.25, 0.3) is 0 Å². The van der Waals surface area contributed by atoms with Crippen molar-refractivity contribution >= 4 is 47.3 Å². The van der Waals surface area contributed by atoms with Crippen molar-refractivity contribution in [2.75, 3.05) is 18.6 Å². The number of guanidine groups is 1. The minimum atomic E-state index is -1.48. The molecule has 0 saturated carbocycles. The highest BCUT2D eigenvalue weighted by Gasteiger charge is 2.31. The maximum atomic E-state index is 13.2. The molecule has 0 fully saturated rings. The first-order chi connectivity index (χ1) is 17.9. The second-order valence-corrected chi connectivity index (χ2v) is 9.30. The fourth-order valence-electron chi connectivity index (χ4n) is 3.20. The first kappa shape index (κ1) is 32.2. The minimum Gasteiger partial charge on any atom is -0.480 e. The number of imidazole rings is 1. The number of H-pyrrole nitrogens is 1. The number of nitrogens with two attached hydrogens (primary N) is 4. The first-order valence-corrected chi connectivity index (χ1v) is 13.0. The van der Waals surface area contributed by atoms with Crippen molar-refractivity contribution in [1.82, 2.24) is 25.9 Å². The molecule has 17 heteroatoms. The van der Waals surface area contributed by atoms with E-state index in [9.17, 15) is 29.1 Å². The van der Waals surface area contributed by atoms with Crippen LogP contribution in [-0.2, 0) is 30.4 Å². The van der Waals surface area contributed by atoms with Crippen molar-refractivity contribution in [3.63, 3.8) is 0 Å². The van der Waals surface area contributed by atoms with Crippen LogP contribution in [0.15, 0.2) is 17.5 Å². The molecule has 1 heterocycles. The quantitative estimate of drug-likeness (QED) is 0.0485. The van der Waals surface area contributed by atoms with E-state index in [-0.39, 0.29) is 31.8 Å². The number of carbonyl (C=O) groups is 5. The molecule has 38 heavy (non-hydrogen) atoms. The highest BCUT2D eigenvalue weighted by Crippen LogP contribution is 2.05. The van der Waals surface area contributed by atoms with Crippen LogP contribution >= 0.6 is 11.8 Å². The Bertz CT molecular complexity index is 970. The fraction of sp³-hybridized carbons (Fsp3) is 0.571. The summed E-state index contributed by atoms with van der Waals surface area (Å²) >= 11 is 1.39. The van der Waals surface area contributed by atoms with Gasteiger partial charge in [-0.1, -0.05) is 0 Å². The molecule has 4 atom stereocenters. The van der Waals surface area contributed by atoms with Crippen molar-refractivity contribution in [2.45, 2.75) is 56.3 Å². The summed E-state index contributed by atoms with van der Waals surface area (Å²) in [5, 5.41) is 16.6. The minimum absolute atomic E-state index is 0.0469. The van der Waals surface area contributed by atoms with Gasteiger partial charge in [0.25, 0.3) is 0 Å². The summed E-state index contributed by atoms with van der Waals surface area (Å²) in [7, 11) is 0. The number of hydrogen-bond acceptors (Lipinski definition) is 9. The molecule has 0 aliphatic rings. The Kier molecular flexibility index (Phi) is 14.2. The van der Waals surface area contributed by atoms with E-state index in [2.05, 4.69) is 30.9 Å². The Labute approximate surface area is 223 Å². The number of primary amides is 1. The third kappa shape index (κ3) is 12.4. The van der Waals surface area contributed by atoms with E-state index in [1.165, 1.54) is 24.3 Å². The van der Waals surface area contributed by atoms with Crippen LogP contribution in [0.1, 0.15) is 31.4 Å². The van der Waals surface area contributed by atoms with E-state index in [1.807, 2.05) is 0 Å². The average Bonchev–Trinajstić information content (AvgIpc) is 3.35. The van der Waals surface area contributed by atoms with Crippen LogP contribution in [-0.4, -0.2) is 93.4 Å². The summed E-state index contributed by atoms with van der Waals surface area (Å²) in [6.45, 7) is 0.263. The second-order valence-electron chi connectivity index (χ2n) is 8.31. The number of hydrogen-bond donors (Lipinski definition) is 9. The lowest BCUT2D eigenvalue weighted by atomic mass is 10.1. The molecule has 1 aromatic rings. The standard InChI is InChI=1S/C21H36N10O6S/c1-38-6-4-13(20(36)37)29-19(35)15(8-16(23)32)31-18(34)14(7-11-9-26-10-28-11)30-17(33)12(22)3-2-5-27-21(24)25/h9-10,12-15H,2-8,22H2,1H3,(H2,23,32)(H,26,28)(H,29,35)(H,30,33)(H,31,34)(H,36,37)(H4,24,25,27). The molecular weight excluding hydrogens is 520 g/mol. The maximum Gasteiger partial charge on any atom is 0.326 e. The smallest absolute Gasteiger partial charge is 0.326 e. The predicted octanol–water partition coefficient (Wildman–Crippen LogP) is -3.50. The van der Waals surface area contributed by atoms with E-state index in [1.54, 1.807) is 6.26 Å². The predicted molar refractivity (Wildman–Crippen MR) is 140 cm³/mol. The fourth-order valence-corrected chi connectivity index (χ4v) is 3.67. The molecule has 0 bridgehead atoms. The molecule has 0 aliphatic carbocycles. The zero-order chi connectivity index (χ0) is 28.7. The van der Waals surface area contributed by atoms with Gasteiger partial charge >= 0.3 is 5.97 Å². The van der Waals surface area contributed by atoms with E-state index >= 15 is 0 Å². The molecule has 1 rings (SSSR count). The molecular formula is C21H36N10O6S. The van der Waals surface area contributed by atoms with Crippen molar-refractivity contribution in [3.8, 4) is 0 Å². The Hall–Kier alpha value is -3.86. The highest BCUT2D eigenvalue weighted by atomic mass is 32.2. The van der Waals surface area contributed by atoms with Crippen molar-refractivity contribution in [2.24, 2.45) is 27.9 Å². The molecule has 1 aromatic heterocycles. The number of nitrogens with zero attached hydrogens (tertiary/aromatic N) is 2. The normalized spacial score (nSPS) is 13.8. The van der Waals surface area contributed by atoms with Crippen molar-refractivity contribution in [3.05, 3.63) is 18.2 Å². The van der Waals surface area contributed by atoms with E-state index in [0.29, 0.717) is 17.9 Å². The Morgan fingerprint density at radius 1 is 1.03 bits per heavy atom. The largest absolute Gasteiger partial charge is 0.480 e. The van der Waals surface area contributed by atoms with E-state index in [0.717, 1.165) is 0 Å². The van der Waals surface area contributed by atoms with Crippen molar-refractivity contribution < 1.29 is 29.1 Å². The van der Waals surface area contributed by atoms with Crippen LogP contribution in [0.5, 0.6) is 0 Å². The SMILES string of the molecule is CSCCC(NC(=O)C(CC(N)=O)NC(=O)C(Cc1cnc[nH]1)NC(=O)C(N)CCCN=C(N)N)C(=O)O. The number of carboxylic acids is 1. The van der Waals surface area contributed by atoms with Crippen LogP contribution in [0.2, 0.25) is 0 Å². The molecule has 16 nitrogen and oxygen atoms in total. The lowest BCUT2D eigenvalue weighted by Crippen LogP contribution is -2.58. The summed E-state index contributed by atoms with van der Waals surface area (Å²) < 4.78 is 0. The Morgan fingerprint density at radius 3 is 2.21 bits per heavy atom. The number of amides is 4. The first-order valence-electron chi connectivity index (χ1n) is 11.6. The average molecular weight is 557 g/mol. The number of rotatable bonds is 18. The van der Waals surface area contributed by atoms with E-state index < -0.39 is 60.2 Å². The van der Waals surface area contributed by atoms with Gasteiger partial charge in [0.15, 0.2) is 5.96 Å². The zero-order valence-electron chi connectivity index (χ0n) is 21.0. The van der Waals surface area contributed by atoms with Gasteiger partial charge in [0.1, 0.15) is 18.1 Å². The zero-order valence-corrected chi connectivity index (χ0v) is 21.8. The molecule has 212 valence electrons. The van der Waals surface area contributed by atoms with Crippen molar-refractivity contribution in [1.29, 1.82) is 0 Å². The monoisotopic (exact) mass is 556 g/mol. The van der Waals surface area contributed by atoms with Gasteiger partial charge < -0.3 is 49.0 Å². The number of thioether (sulfide) groups is 1.